The minimum atomic E-state index is 0.0687. The molecule has 1 N–H and O–H groups in total. The summed E-state index contributed by atoms with van der Waals surface area (Å²) in [5, 5.41) is 3.53. The molecular weight excluding hydrogens is 226 g/mol. The van der Waals surface area contributed by atoms with E-state index in [1.807, 2.05) is 18.2 Å². The van der Waals surface area contributed by atoms with Gasteiger partial charge in [0.15, 0.2) is 0 Å². The van der Waals surface area contributed by atoms with Gasteiger partial charge in [-0.3, -0.25) is 0 Å². The minimum absolute atomic E-state index is 0.0687. The van der Waals surface area contributed by atoms with Crippen LogP contribution in [0, 0.1) is 12.3 Å². The molecule has 1 aromatic carbocycles. The SMILES string of the molecule is C#CCOc1ccccc1CNC1(C)CCOC1. The van der Waals surface area contributed by atoms with Crippen LogP contribution in [0.4, 0.5) is 0 Å². The van der Waals surface area contributed by atoms with Crippen LogP contribution in [0.3, 0.4) is 0 Å². The molecule has 0 saturated carbocycles. The maximum Gasteiger partial charge on any atom is 0.148 e. The van der Waals surface area contributed by atoms with Crippen LogP contribution in [-0.2, 0) is 11.3 Å². The van der Waals surface area contributed by atoms with Crippen molar-refractivity contribution in [1.29, 1.82) is 0 Å². The molecule has 1 unspecified atom stereocenters. The van der Waals surface area contributed by atoms with Crippen molar-refractivity contribution in [2.75, 3.05) is 19.8 Å². The first-order valence-electron chi connectivity index (χ1n) is 6.20. The fraction of sp³-hybridized carbons (Fsp3) is 0.467. The maximum absolute atomic E-state index is 5.53. The molecule has 18 heavy (non-hydrogen) atoms. The van der Waals surface area contributed by atoms with E-state index in [1.165, 1.54) is 0 Å². The average molecular weight is 245 g/mol. The molecule has 1 aliphatic heterocycles. The van der Waals surface area contributed by atoms with Crippen molar-refractivity contribution in [2.24, 2.45) is 0 Å². The lowest BCUT2D eigenvalue weighted by atomic mass is 10.0. The zero-order valence-corrected chi connectivity index (χ0v) is 10.7. The van der Waals surface area contributed by atoms with Gasteiger partial charge >= 0.3 is 0 Å². The molecule has 0 amide bonds. The van der Waals surface area contributed by atoms with Crippen molar-refractivity contribution in [1.82, 2.24) is 5.32 Å². The number of benzene rings is 1. The molecule has 2 rings (SSSR count). The third-order valence-electron chi connectivity index (χ3n) is 3.21. The predicted molar refractivity (Wildman–Crippen MR) is 71.5 cm³/mol. The number of rotatable bonds is 5. The Hall–Kier alpha value is -1.50. The topological polar surface area (TPSA) is 30.5 Å². The fourth-order valence-corrected chi connectivity index (χ4v) is 2.03. The van der Waals surface area contributed by atoms with E-state index < -0.39 is 0 Å². The van der Waals surface area contributed by atoms with Crippen LogP contribution in [0.2, 0.25) is 0 Å². The maximum atomic E-state index is 5.53. The molecule has 3 heteroatoms. The number of terminal acetylenes is 1. The highest BCUT2D eigenvalue weighted by atomic mass is 16.5. The molecule has 0 aliphatic carbocycles. The van der Waals surface area contributed by atoms with Crippen LogP contribution in [0.25, 0.3) is 0 Å². The highest BCUT2D eigenvalue weighted by Gasteiger charge is 2.28. The summed E-state index contributed by atoms with van der Waals surface area (Å²) in [7, 11) is 0. The van der Waals surface area contributed by atoms with Crippen molar-refractivity contribution < 1.29 is 9.47 Å². The summed E-state index contributed by atoms with van der Waals surface area (Å²) >= 11 is 0. The van der Waals surface area contributed by atoms with Gasteiger partial charge in [-0.05, 0) is 19.4 Å². The fourth-order valence-electron chi connectivity index (χ4n) is 2.03. The van der Waals surface area contributed by atoms with Crippen LogP contribution in [-0.4, -0.2) is 25.4 Å². The van der Waals surface area contributed by atoms with Crippen LogP contribution in [0.15, 0.2) is 24.3 Å². The summed E-state index contributed by atoms with van der Waals surface area (Å²) in [5.74, 6) is 3.34. The summed E-state index contributed by atoms with van der Waals surface area (Å²) in [4.78, 5) is 0. The minimum Gasteiger partial charge on any atom is -0.481 e. The van der Waals surface area contributed by atoms with E-state index in [0.29, 0.717) is 6.61 Å². The van der Waals surface area contributed by atoms with Crippen LogP contribution >= 0.6 is 0 Å². The van der Waals surface area contributed by atoms with E-state index >= 15 is 0 Å². The van der Waals surface area contributed by atoms with E-state index in [1.54, 1.807) is 0 Å². The summed E-state index contributed by atoms with van der Waals surface area (Å²) in [6, 6.07) is 7.96. The molecule has 3 nitrogen and oxygen atoms in total. The van der Waals surface area contributed by atoms with Crippen molar-refractivity contribution >= 4 is 0 Å². The molecule has 0 bridgehead atoms. The highest BCUT2D eigenvalue weighted by molar-refractivity contribution is 5.33. The molecule has 96 valence electrons. The van der Waals surface area contributed by atoms with Crippen molar-refractivity contribution in [3.8, 4) is 18.1 Å². The predicted octanol–water partition coefficient (Wildman–Crippen LogP) is 1.97. The van der Waals surface area contributed by atoms with E-state index in [0.717, 1.165) is 37.5 Å². The van der Waals surface area contributed by atoms with Gasteiger partial charge in [-0.15, -0.1) is 6.42 Å². The number of hydrogen-bond acceptors (Lipinski definition) is 3. The van der Waals surface area contributed by atoms with Crippen LogP contribution in [0.5, 0.6) is 5.75 Å². The Morgan fingerprint density at radius 2 is 2.33 bits per heavy atom. The normalized spacial score (nSPS) is 22.7. The summed E-state index contributed by atoms with van der Waals surface area (Å²) in [6.45, 7) is 4.85. The first-order valence-corrected chi connectivity index (χ1v) is 6.20. The van der Waals surface area contributed by atoms with Gasteiger partial charge < -0.3 is 14.8 Å². The third-order valence-corrected chi connectivity index (χ3v) is 3.21. The Balaban J connectivity index is 1.98. The quantitative estimate of drug-likeness (QED) is 0.804. The number of ether oxygens (including phenoxy) is 2. The average Bonchev–Trinajstić information content (AvgIpc) is 2.82. The van der Waals surface area contributed by atoms with Gasteiger partial charge in [-0.1, -0.05) is 24.1 Å². The van der Waals surface area contributed by atoms with E-state index in [2.05, 4.69) is 24.2 Å². The van der Waals surface area contributed by atoms with Gasteiger partial charge in [-0.25, -0.2) is 0 Å². The number of nitrogens with one attached hydrogen (secondary N) is 1. The number of para-hydroxylation sites is 1. The van der Waals surface area contributed by atoms with Crippen molar-refractivity contribution in [3.63, 3.8) is 0 Å². The van der Waals surface area contributed by atoms with Crippen molar-refractivity contribution in [2.45, 2.75) is 25.4 Å². The van der Waals surface area contributed by atoms with Crippen LogP contribution < -0.4 is 10.1 Å². The molecule has 0 spiro atoms. The zero-order chi connectivity index (χ0) is 12.8. The molecule has 1 aliphatic rings. The molecule has 0 aromatic heterocycles. The lowest BCUT2D eigenvalue weighted by molar-refractivity contribution is 0.171. The summed E-state index contributed by atoms with van der Waals surface area (Å²) in [5.41, 5.74) is 1.19. The second kappa shape index (κ2) is 5.90. The molecule has 0 radical (unpaired) electrons. The summed E-state index contributed by atoms with van der Waals surface area (Å²) in [6.07, 6.45) is 6.26. The van der Waals surface area contributed by atoms with Gasteiger partial charge in [0, 0.05) is 24.3 Å². The van der Waals surface area contributed by atoms with E-state index in [4.69, 9.17) is 15.9 Å². The van der Waals surface area contributed by atoms with Gasteiger partial charge in [-0.2, -0.15) is 0 Å². The Labute approximate surface area is 108 Å². The number of hydrogen-bond donors (Lipinski definition) is 1. The Kier molecular flexibility index (Phi) is 4.24. The smallest absolute Gasteiger partial charge is 0.148 e. The second-order valence-corrected chi connectivity index (χ2v) is 4.82. The molecular formula is C15H19NO2. The zero-order valence-electron chi connectivity index (χ0n) is 10.7. The molecule has 1 heterocycles. The standard InChI is InChI=1S/C15H19NO2/c1-3-9-18-14-7-5-4-6-13(14)11-16-15(2)8-10-17-12-15/h1,4-7,16H,8-12H2,2H3. The van der Waals surface area contributed by atoms with Crippen LogP contribution in [0.1, 0.15) is 18.9 Å². The van der Waals surface area contributed by atoms with Gasteiger partial charge in [0.1, 0.15) is 12.4 Å². The first kappa shape index (κ1) is 12.9. The monoisotopic (exact) mass is 245 g/mol. The molecule has 1 fully saturated rings. The Morgan fingerprint density at radius 3 is 3.06 bits per heavy atom. The molecule has 1 atom stereocenters. The first-order chi connectivity index (χ1) is 8.73. The third kappa shape index (κ3) is 3.25. The van der Waals surface area contributed by atoms with Gasteiger partial charge in [0.05, 0.1) is 6.61 Å². The van der Waals surface area contributed by atoms with Gasteiger partial charge in [0.2, 0.25) is 0 Å². The second-order valence-electron chi connectivity index (χ2n) is 4.82. The molecule has 1 aromatic rings. The Morgan fingerprint density at radius 1 is 1.50 bits per heavy atom. The van der Waals surface area contributed by atoms with E-state index in [9.17, 15) is 0 Å². The highest BCUT2D eigenvalue weighted by Crippen LogP contribution is 2.21. The van der Waals surface area contributed by atoms with Crippen molar-refractivity contribution in [3.05, 3.63) is 29.8 Å². The summed E-state index contributed by atoms with van der Waals surface area (Å²) < 4.78 is 11.0. The lowest BCUT2D eigenvalue weighted by Gasteiger charge is -2.24. The Bertz CT molecular complexity index is 430. The van der Waals surface area contributed by atoms with Gasteiger partial charge in [0.25, 0.3) is 0 Å². The van der Waals surface area contributed by atoms with E-state index in [-0.39, 0.29) is 5.54 Å². The largest absolute Gasteiger partial charge is 0.481 e. The lowest BCUT2D eigenvalue weighted by Crippen LogP contribution is -2.42. The molecule has 1 saturated heterocycles.